The number of hydrogen-bond acceptors (Lipinski definition) is 2. The van der Waals surface area contributed by atoms with E-state index in [0.29, 0.717) is 11.1 Å². The smallest absolute Gasteiger partial charge is 0.319 e. The highest BCUT2D eigenvalue weighted by molar-refractivity contribution is 6.76. The highest BCUT2D eigenvalue weighted by atomic mass is 28.4. The molecule has 0 bridgehead atoms. The molecule has 0 aliphatic carbocycles. The van der Waals surface area contributed by atoms with Crippen molar-refractivity contribution in [1.29, 1.82) is 0 Å². The lowest BCUT2D eigenvalue weighted by Gasteiger charge is -2.35. The van der Waals surface area contributed by atoms with Crippen molar-refractivity contribution in [1.82, 2.24) is 0 Å². The average molecular weight is 327 g/mol. The van der Waals surface area contributed by atoms with Crippen LogP contribution in [0.4, 0.5) is 0 Å². The van der Waals surface area contributed by atoms with Gasteiger partial charge in [0.2, 0.25) is 0 Å². The molecule has 3 heteroatoms. The lowest BCUT2D eigenvalue weighted by atomic mass is 10.2. The summed E-state index contributed by atoms with van der Waals surface area (Å²) < 4.78 is 6.12. The maximum absolute atomic E-state index is 12.2. The van der Waals surface area contributed by atoms with Crippen molar-refractivity contribution in [3.05, 3.63) is 12.2 Å². The van der Waals surface area contributed by atoms with Crippen molar-refractivity contribution in [2.75, 3.05) is 0 Å². The Morgan fingerprint density at radius 1 is 0.955 bits per heavy atom. The molecule has 0 aliphatic rings. The Hall–Kier alpha value is -0.573. The minimum absolute atomic E-state index is 0.161. The highest BCUT2D eigenvalue weighted by Gasteiger charge is 2.41. The van der Waals surface area contributed by atoms with Crippen LogP contribution in [0, 0.1) is 0 Å². The van der Waals surface area contributed by atoms with Gasteiger partial charge in [-0.2, -0.15) is 0 Å². The molecule has 0 heterocycles. The van der Waals surface area contributed by atoms with Crippen LogP contribution in [0.15, 0.2) is 12.2 Å². The molecule has 0 saturated heterocycles. The zero-order valence-corrected chi connectivity index (χ0v) is 16.7. The number of carbonyl (C=O) groups is 1. The van der Waals surface area contributed by atoms with Crippen LogP contribution in [-0.4, -0.2) is 14.3 Å². The van der Waals surface area contributed by atoms with E-state index in [2.05, 4.69) is 34.3 Å². The molecule has 22 heavy (non-hydrogen) atoms. The third kappa shape index (κ3) is 8.16. The van der Waals surface area contributed by atoms with Gasteiger partial charge in [-0.1, -0.05) is 85.6 Å². The van der Waals surface area contributed by atoms with Crippen LogP contribution >= 0.6 is 0 Å². The van der Waals surface area contributed by atoms with Crippen molar-refractivity contribution in [2.24, 2.45) is 0 Å². The number of unbranched alkanes of at least 4 members (excludes halogenated alkanes) is 6. The Kier molecular flexibility index (Phi) is 11.6. The molecule has 0 radical (unpaired) electrons. The fourth-order valence-corrected chi connectivity index (χ4v) is 6.98. The zero-order chi connectivity index (χ0) is 17.0. The molecule has 0 amide bonds. The Balaban J connectivity index is 4.84. The summed E-state index contributed by atoms with van der Waals surface area (Å²) in [7, 11) is -2.01. The summed E-state index contributed by atoms with van der Waals surface area (Å²) in [6.07, 6.45) is 10.00. The van der Waals surface area contributed by atoms with Crippen LogP contribution in [0.25, 0.3) is 0 Å². The second-order valence-corrected chi connectivity index (χ2v) is 11.5. The first-order valence-electron chi connectivity index (χ1n) is 9.28. The van der Waals surface area contributed by atoms with Gasteiger partial charge in [-0.05, 0) is 24.6 Å². The van der Waals surface area contributed by atoms with Crippen LogP contribution in [-0.2, 0) is 9.22 Å². The standard InChI is InChI=1S/C19H38O2Si/c1-7-9-11-13-15-22(18(5)6,16-14-12-10-8-2)21-19(20)17(3)4/h18H,3,7-16H2,1-2,4-6H3. The topological polar surface area (TPSA) is 26.3 Å². The Labute approximate surface area is 139 Å². The summed E-state index contributed by atoms with van der Waals surface area (Å²) >= 11 is 0. The Morgan fingerprint density at radius 2 is 1.41 bits per heavy atom. The Morgan fingerprint density at radius 3 is 1.73 bits per heavy atom. The van der Waals surface area contributed by atoms with Gasteiger partial charge in [0.15, 0.2) is 0 Å². The number of hydrogen-bond donors (Lipinski definition) is 0. The number of carbonyl (C=O) groups excluding carboxylic acids is 1. The van der Waals surface area contributed by atoms with E-state index < -0.39 is 8.32 Å². The molecule has 0 aromatic rings. The van der Waals surface area contributed by atoms with E-state index >= 15 is 0 Å². The molecular formula is C19H38O2Si. The fraction of sp³-hybridized carbons (Fsp3) is 0.842. The second-order valence-electron chi connectivity index (χ2n) is 7.01. The quantitative estimate of drug-likeness (QED) is 0.216. The fourth-order valence-electron chi connectivity index (χ4n) is 2.90. The molecule has 0 N–H and O–H groups in total. The molecule has 0 aromatic carbocycles. The first-order valence-corrected chi connectivity index (χ1v) is 11.7. The van der Waals surface area contributed by atoms with Gasteiger partial charge >= 0.3 is 5.97 Å². The van der Waals surface area contributed by atoms with E-state index in [1.807, 2.05) is 0 Å². The lowest BCUT2D eigenvalue weighted by Crippen LogP contribution is -2.43. The van der Waals surface area contributed by atoms with Gasteiger partial charge in [-0.15, -0.1) is 0 Å². The molecule has 2 nitrogen and oxygen atoms in total. The van der Waals surface area contributed by atoms with Crippen LogP contribution < -0.4 is 0 Å². The molecule has 130 valence electrons. The summed E-state index contributed by atoms with van der Waals surface area (Å²) in [6, 6.07) is 2.24. The molecule has 0 rings (SSSR count). The van der Waals surface area contributed by atoms with Crippen molar-refractivity contribution < 1.29 is 9.22 Å². The van der Waals surface area contributed by atoms with E-state index in [1.54, 1.807) is 6.92 Å². The molecule has 0 aliphatic heterocycles. The van der Waals surface area contributed by atoms with Gasteiger partial charge in [0.25, 0.3) is 8.32 Å². The molecule has 0 fully saturated rings. The van der Waals surface area contributed by atoms with Crippen LogP contribution in [0.5, 0.6) is 0 Å². The largest absolute Gasteiger partial charge is 0.516 e. The minimum Gasteiger partial charge on any atom is -0.516 e. The molecule has 0 unspecified atom stereocenters. The zero-order valence-electron chi connectivity index (χ0n) is 15.7. The van der Waals surface area contributed by atoms with E-state index in [1.165, 1.54) is 51.4 Å². The third-order valence-corrected chi connectivity index (χ3v) is 9.70. The third-order valence-electron chi connectivity index (χ3n) is 4.60. The predicted molar refractivity (Wildman–Crippen MR) is 99.7 cm³/mol. The summed E-state index contributed by atoms with van der Waals surface area (Å²) in [5.74, 6) is -0.161. The van der Waals surface area contributed by atoms with E-state index in [9.17, 15) is 4.79 Å². The maximum Gasteiger partial charge on any atom is 0.319 e. The van der Waals surface area contributed by atoms with E-state index in [-0.39, 0.29) is 5.97 Å². The van der Waals surface area contributed by atoms with Crippen molar-refractivity contribution in [3.63, 3.8) is 0 Å². The van der Waals surface area contributed by atoms with Crippen LogP contribution in [0.2, 0.25) is 17.6 Å². The van der Waals surface area contributed by atoms with Gasteiger partial charge in [0, 0.05) is 5.57 Å². The first-order chi connectivity index (χ1) is 10.4. The molecule has 0 spiro atoms. The van der Waals surface area contributed by atoms with Crippen LogP contribution in [0.3, 0.4) is 0 Å². The number of rotatable bonds is 13. The SMILES string of the molecule is C=C(C)C(=O)O[Si](CCCCCC)(CCCCCC)C(C)C. The van der Waals surface area contributed by atoms with Gasteiger partial charge in [0.1, 0.15) is 0 Å². The molecule has 0 aromatic heterocycles. The van der Waals surface area contributed by atoms with Crippen molar-refractivity contribution in [3.8, 4) is 0 Å². The molecular weight excluding hydrogens is 288 g/mol. The average Bonchev–Trinajstić information content (AvgIpc) is 2.47. The van der Waals surface area contributed by atoms with Crippen LogP contribution in [0.1, 0.15) is 86.0 Å². The Bertz CT molecular complexity index is 311. The lowest BCUT2D eigenvalue weighted by molar-refractivity contribution is -0.131. The second kappa shape index (κ2) is 11.9. The first kappa shape index (κ1) is 21.4. The van der Waals surface area contributed by atoms with Gasteiger partial charge in [-0.25, -0.2) is 4.79 Å². The summed E-state index contributed by atoms with van der Waals surface area (Å²) in [6.45, 7) is 14.5. The predicted octanol–water partition coefficient (Wildman–Crippen LogP) is 6.62. The minimum atomic E-state index is -2.01. The normalized spacial score (nSPS) is 11.7. The monoisotopic (exact) mass is 326 g/mol. The van der Waals surface area contributed by atoms with Gasteiger partial charge in [0.05, 0.1) is 0 Å². The van der Waals surface area contributed by atoms with Gasteiger partial charge < -0.3 is 4.43 Å². The van der Waals surface area contributed by atoms with Gasteiger partial charge in [-0.3, -0.25) is 0 Å². The maximum atomic E-state index is 12.2. The van der Waals surface area contributed by atoms with E-state index in [4.69, 9.17) is 4.43 Å². The summed E-state index contributed by atoms with van der Waals surface area (Å²) in [4.78, 5) is 12.2. The van der Waals surface area contributed by atoms with Crippen molar-refractivity contribution >= 4 is 14.3 Å². The molecule has 0 atom stereocenters. The highest BCUT2D eigenvalue weighted by Crippen LogP contribution is 2.35. The van der Waals surface area contributed by atoms with Crippen molar-refractivity contribution in [2.45, 2.75) is 104 Å². The summed E-state index contributed by atoms with van der Waals surface area (Å²) in [5.41, 5.74) is 1.03. The molecule has 0 saturated carbocycles. The summed E-state index contributed by atoms with van der Waals surface area (Å²) in [5, 5.41) is 0. The van der Waals surface area contributed by atoms with E-state index in [0.717, 1.165) is 12.1 Å².